The average molecular weight is 403 g/mol. The Hall–Kier alpha value is -2.84. The van der Waals surface area contributed by atoms with Crippen molar-refractivity contribution in [3.63, 3.8) is 0 Å². The summed E-state index contributed by atoms with van der Waals surface area (Å²) >= 11 is 0. The minimum absolute atomic E-state index is 0.301. The molecule has 0 spiro atoms. The summed E-state index contributed by atoms with van der Waals surface area (Å²) in [6, 6.07) is -0.425. The minimum atomic E-state index is -0.425. The maximum atomic E-state index is 12.7. The van der Waals surface area contributed by atoms with Crippen LogP contribution in [0, 0.1) is 0 Å². The number of fused-ring (bicyclic) bond motifs is 1. The van der Waals surface area contributed by atoms with Crippen LogP contribution in [0.25, 0.3) is 5.52 Å². The lowest BCUT2D eigenvalue weighted by Crippen LogP contribution is -2.52. The molecule has 29 heavy (non-hydrogen) atoms. The van der Waals surface area contributed by atoms with E-state index in [1.54, 1.807) is 34.7 Å². The van der Waals surface area contributed by atoms with Crippen molar-refractivity contribution in [2.24, 2.45) is 0 Å². The molecule has 9 nitrogen and oxygen atoms in total. The molecule has 0 N–H and O–H groups in total. The van der Waals surface area contributed by atoms with E-state index in [0.29, 0.717) is 38.5 Å². The van der Waals surface area contributed by atoms with Crippen molar-refractivity contribution in [1.82, 2.24) is 24.2 Å². The lowest BCUT2D eigenvalue weighted by atomic mass is 10.1. The van der Waals surface area contributed by atoms with E-state index in [-0.39, 0.29) is 12.2 Å². The molecular formula is C20H29N5O4. The molecule has 1 unspecified atom stereocenters. The quantitative estimate of drug-likeness (QED) is 0.659. The van der Waals surface area contributed by atoms with E-state index < -0.39 is 6.04 Å². The van der Waals surface area contributed by atoms with Gasteiger partial charge in [0.15, 0.2) is 0 Å². The number of nitrogens with zero attached hydrogens (tertiary/aromatic N) is 5. The monoisotopic (exact) mass is 403 g/mol. The predicted octanol–water partition coefficient (Wildman–Crippen LogP) is 3.26. The number of imidazole rings is 1. The molecule has 3 rings (SSSR count). The van der Waals surface area contributed by atoms with Crippen LogP contribution in [-0.2, 0) is 9.47 Å². The van der Waals surface area contributed by atoms with Crippen molar-refractivity contribution in [2.75, 3.05) is 32.8 Å². The Bertz CT molecular complexity index is 824. The maximum Gasteiger partial charge on any atom is 0.410 e. The Morgan fingerprint density at radius 2 is 1.83 bits per heavy atom. The van der Waals surface area contributed by atoms with Crippen LogP contribution in [0.2, 0.25) is 0 Å². The smallest absolute Gasteiger partial charge is 0.410 e. The summed E-state index contributed by atoms with van der Waals surface area (Å²) in [4.78, 5) is 37.2. The van der Waals surface area contributed by atoms with Gasteiger partial charge in [0.1, 0.15) is 0 Å². The number of aromatic nitrogens is 3. The van der Waals surface area contributed by atoms with Gasteiger partial charge in [-0.15, -0.1) is 0 Å². The van der Waals surface area contributed by atoms with E-state index in [4.69, 9.17) is 9.47 Å². The first-order chi connectivity index (χ1) is 14.2. The molecule has 1 saturated heterocycles. The van der Waals surface area contributed by atoms with Gasteiger partial charge in [-0.1, -0.05) is 26.7 Å². The van der Waals surface area contributed by atoms with E-state index in [9.17, 15) is 9.59 Å². The van der Waals surface area contributed by atoms with Crippen LogP contribution in [0.1, 0.15) is 51.3 Å². The van der Waals surface area contributed by atoms with Gasteiger partial charge in [-0.05, 0) is 12.8 Å². The van der Waals surface area contributed by atoms with Crippen molar-refractivity contribution < 1.29 is 19.1 Å². The summed E-state index contributed by atoms with van der Waals surface area (Å²) in [6.07, 6.45) is 9.69. The van der Waals surface area contributed by atoms with Crippen LogP contribution >= 0.6 is 0 Å². The molecule has 2 aromatic heterocycles. The van der Waals surface area contributed by atoms with Gasteiger partial charge >= 0.3 is 12.2 Å². The molecule has 0 aliphatic carbocycles. The number of piperazine rings is 1. The third kappa shape index (κ3) is 4.96. The molecule has 2 aromatic rings. The van der Waals surface area contributed by atoms with Crippen molar-refractivity contribution in [2.45, 2.75) is 45.6 Å². The fraction of sp³-hybridized carbons (Fsp3) is 0.600. The molecule has 158 valence electrons. The second-order valence-corrected chi connectivity index (χ2v) is 7.09. The zero-order valence-electron chi connectivity index (χ0n) is 17.1. The number of carbonyl (C=O) groups excluding carboxylic acids is 2. The summed E-state index contributed by atoms with van der Waals surface area (Å²) in [7, 11) is 0. The first kappa shape index (κ1) is 20.9. The normalized spacial score (nSPS) is 16.8. The summed E-state index contributed by atoms with van der Waals surface area (Å²) in [5.41, 5.74) is 1.49. The topological polar surface area (TPSA) is 89.3 Å². The number of hydrogen-bond donors (Lipinski definition) is 0. The van der Waals surface area contributed by atoms with Crippen LogP contribution in [0.5, 0.6) is 0 Å². The van der Waals surface area contributed by atoms with E-state index >= 15 is 0 Å². The third-order valence-corrected chi connectivity index (χ3v) is 5.01. The van der Waals surface area contributed by atoms with Gasteiger partial charge in [0.25, 0.3) is 0 Å². The summed E-state index contributed by atoms with van der Waals surface area (Å²) < 4.78 is 12.7. The van der Waals surface area contributed by atoms with Crippen LogP contribution in [0.4, 0.5) is 9.59 Å². The number of rotatable bonds is 7. The molecule has 9 heteroatoms. The summed E-state index contributed by atoms with van der Waals surface area (Å²) in [5, 5.41) is 0. The Morgan fingerprint density at radius 3 is 2.55 bits per heavy atom. The Kier molecular flexibility index (Phi) is 7.26. The van der Waals surface area contributed by atoms with Crippen molar-refractivity contribution in [3.05, 3.63) is 30.6 Å². The number of carbonyl (C=O) groups is 2. The Balaban J connectivity index is 1.80. The van der Waals surface area contributed by atoms with Crippen molar-refractivity contribution in [1.29, 1.82) is 0 Å². The predicted molar refractivity (Wildman–Crippen MR) is 107 cm³/mol. The van der Waals surface area contributed by atoms with E-state index in [0.717, 1.165) is 31.2 Å². The minimum Gasteiger partial charge on any atom is -0.449 e. The molecule has 0 bridgehead atoms. The molecule has 0 saturated carbocycles. The van der Waals surface area contributed by atoms with Gasteiger partial charge in [0.2, 0.25) is 0 Å². The molecule has 1 aliphatic rings. The number of hydrogen-bond acceptors (Lipinski definition) is 6. The first-order valence-corrected chi connectivity index (χ1v) is 10.3. The SMILES string of the molecule is CCCCOC(=O)N1CCN(C(=O)OCCCC)C(c2ncn3ccncc23)C1. The second-order valence-electron chi connectivity index (χ2n) is 7.09. The van der Waals surface area contributed by atoms with E-state index in [1.807, 2.05) is 18.2 Å². The van der Waals surface area contributed by atoms with Gasteiger partial charge in [-0.25, -0.2) is 14.6 Å². The number of ether oxygens (including phenoxy) is 2. The van der Waals surface area contributed by atoms with Gasteiger partial charge in [-0.3, -0.25) is 9.88 Å². The summed E-state index contributed by atoms with van der Waals surface area (Å²) in [5.74, 6) is 0. The average Bonchev–Trinajstić information content (AvgIpc) is 3.17. The van der Waals surface area contributed by atoms with Crippen LogP contribution < -0.4 is 0 Å². The fourth-order valence-electron chi connectivity index (χ4n) is 3.30. The Labute approximate surface area is 170 Å². The first-order valence-electron chi connectivity index (χ1n) is 10.3. The maximum absolute atomic E-state index is 12.7. The van der Waals surface area contributed by atoms with Gasteiger partial charge in [0.05, 0.1) is 49.5 Å². The molecule has 1 fully saturated rings. The van der Waals surface area contributed by atoms with E-state index in [2.05, 4.69) is 9.97 Å². The highest BCUT2D eigenvalue weighted by atomic mass is 16.6. The molecule has 2 amide bonds. The lowest BCUT2D eigenvalue weighted by Gasteiger charge is -2.39. The standard InChI is InChI=1S/C20H29N5O4/c1-3-5-11-28-19(26)23-9-10-25(20(27)29-12-6-4-2)17(14-23)18-16-13-21-7-8-24(16)15-22-18/h7-8,13,15,17H,3-6,9-12,14H2,1-2H3. The zero-order chi connectivity index (χ0) is 20.6. The van der Waals surface area contributed by atoms with Crippen molar-refractivity contribution >= 4 is 17.7 Å². The lowest BCUT2D eigenvalue weighted by molar-refractivity contribution is 0.0351. The summed E-state index contributed by atoms with van der Waals surface area (Å²) in [6.45, 7) is 5.93. The van der Waals surface area contributed by atoms with Gasteiger partial charge in [-0.2, -0.15) is 0 Å². The molecule has 0 aromatic carbocycles. The molecule has 1 aliphatic heterocycles. The molecule has 0 radical (unpaired) electrons. The zero-order valence-corrected chi connectivity index (χ0v) is 17.1. The molecule has 1 atom stereocenters. The number of amides is 2. The van der Waals surface area contributed by atoms with E-state index in [1.165, 1.54) is 0 Å². The van der Waals surface area contributed by atoms with Gasteiger partial charge < -0.3 is 18.8 Å². The Morgan fingerprint density at radius 1 is 1.10 bits per heavy atom. The largest absolute Gasteiger partial charge is 0.449 e. The van der Waals surface area contributed by atoms with Crippen molar-refractivity contribution in [3.8, 4) is 0 Å². The van der Waals surface area contributed by atoms with Gasteiger partial charge in [0, 0.05) is 25.5 Å². The highest BCUT2D eigenvalue weighted by molar-refractivity contribution is 5.71. The second kappa shape index (κ2) is 10.1. The molecule has 3 heterocycles. The fourth-order valence-corrected chi connectivity index (χ4v) is 3.30. The molecular weight excluding hydrogens is 374 g/mol. The van der Waals surface area contributed by atoms with Crippen LogP contribution in [0.3, 0.4) is 0 Å². The highest BCUT2D eigenvalue weighted by Crippen LogP contribution is 2.28. The van der Waals surface area contributed by atoms with Crippen LogP contribution in [0.15, 0.2) is 24.9 Å². The third-order valence-electron chi connectivity index (χ3n) is 5.01. The van der Waals surface area contributed by atoms with Crippen LogP contribution in [-0.4, -0.2) is 69.2 Å². The number of unbranched alkanes of at least 4 members (excludes halogenated alkanes) is 2. The highest BCUT2D eigenvalue weighted by Gasteiger charge is 2.37.